The lowest BCUT2D eigenvalue weighted by molar-refractivity contribution is -0.137. The third kappa shape index (κ3) is 5.72. The van der Waals surface area contributed by atoms with E-state index >= 15 is 0 Å². The Balaban J connectivity index is 1.84. The van der Waals surface area contributed by atoms with Crippen molar-refractivity contribution in [1.82, 2.24) is 5.32 Å². The predicted octanol–water partition coefficient (Wildman–Crippen LogP) is 4.39. The predicted molar refractivity (Wildman–Crippen MR) is 87.5 cm³/mol. The van der Waals surface area contributed by atoms with Gasteiger partial charge >= 0.3 is 6.18 Å². The van der Waals surface area contributed by atoms with E-state index in [-0.39, 0.29) is 18.4 Å². The molecule has 1 unspecified atom stereocenters. The summed E-state index contributed by atoms with van der Waals surface area (Å²) in [6.07, 6.45) is -2.83. The highest BCUT2D eigenvalue weighted by Crippen LogP contribution is 2.29. The summed E-state index contributed by atoms with van der Waals surface area (Å²) in [7, 11) is 0. The maximum absolute atomic E-state index is 12.7. The van der Waals surface area contributed by atoms with Crippen LogP contribution in [-0.4, -0.2) is 11.9 Å². The molecule has 1 atom stereocenters. The Kier molecular flexibility index (Phi) is 6.01. The molecule has 0 aliphatic heterocycles. The van der Waals surface area contributed by atoms with Crippen LogP contribution in [0.15, 0.2) is 54.6 Å². The van der Waals surface area contributed by atoms with E-state index in [1.807, 2.05) is 37.3 Å². The smallest absolute Gasteiger partial charge is 0.353 e. The van der Waals surface area contributed by atoms with Gasteiger partial charge in [0.25, 0.3) is 0 Å². The monoisotopic (exact) mass is 335 g/mol. The molecule has 5 heteroatoms. The second kappa shape index (κ2) is 7.99. The van der Waals surface area contributed by atoms with Gasteiger partial charge in [-0.05, 0) is 37.0 Å². The first-order valence-electron chi connectivity index (χ1n) is 7.84. The summed E-state index contributed by atoms with van der Waals surface area (Å²) in [5, 5.41) is 2.84. The Morgan fingerprint density at radius 2 is 1.71 bits per heavy atom. The Bertz CT molecular complexity index is 668. The molecule has 2 nitrogen and oxygen atoms in total. The molecule has 0 bridgehead atoms. The minimum atomic E-state index is -4.39. The molecule has 0 spiro atoms. The molecule has 0 aromatic heterocycles. The van der Waals surface area contributed by atoms with Crippen LogP contribution < -0.4 is 5.32 Å². The van der Waals surface area contributed by atoms with Crippen molar-refractivity contribution in [2.45, 2.75) is 38.4 Å². The number of hydrogen-bond donors (Lipinski definition) is 1. The minimum absolute atomic E-state index is 0.0384. The number of benzene rings is 2. The molecule has 2 aromatic rings. The minimum Gasteiger partial charge on any atom is -0.353 e. The highest BCUT2D eigenvalue weighted by atomic mass is 19.4. The standard InChI is InChI=1S/C19H20F3NO/c1-14(10-11-15-6-3-2-4-7-15)23-18(24)13-16-8-5-9-17(12-16)19(20,21)22/h2-9,12,14H,10-11,13H2,1H3,(H,23,24). The van der Waals surface area contributed by atoms with E-state index in [9.17, 15) is 18.0 Å². The van der Waals surface area contributed by atoms with Crippen molar-refractivity contribution in [1.29, 1.82) is 0 Å². The van der Waals surface area contributed by atoms with Gasteiger partial charge in [-0.25, -0.2) is 0 Å². The molecule has 0 aliphatic rings. The van der Waals surface area contributed by atoms with Gasteiger partial charge in [-0.15, -0.1) is 0 Å². The molecule has 2 rings (SSSR count). The number of halogens is 3. The van der Waals surface area contributed by atoms with Gasteiger partial charge in [-0.3, -0.25) is 4.79 Å². The number of alkyl halides is 3. The normalized spacial score (nSPS) is 12.7. The number of amides is 1. The van der Waals surface area contributed by atoms with Gasteiger partial charge in [0, 0.05) is 6.04 Å². The van der Waals surface area contributed by atoms with Crippen LogP contribution in [0.4, 0.5) is 13.2 Å². The zero-order valence-electron chi connectivity index (χ0n) is 13.4. The largest absolute Gasteiger partial charge is 0.416 e. The van der Waals surface area contributed by atoms with Crippen LogP contribution in [-0.2, 0) is 23.8 Å². The average molecular weight is 335 g/mol. The number of nitrogens with one attached hydrogen (secondary N) is 1. The molecular weight excluding hydrogens is 315 g/mol. The molecule has 1 amide bonds. The first-order chi connectivity index (χ1) is 11.3. The van der Waals surface area contributed by atoms with E-state index in [2.05, 4.69) is 5.32 Å². The van der Waals surface area contributed by atoms with E-state index in [1.54, 1.807) is 0 Å². The number of rotatable bonds is 6. The second-order valence-corrected chi connectivity index (χ2v) is 5.87. The number of aryl methyl sites for hydroxylation is 1. The van der Waals surface area contributed by atoms with Crippen LogP contribution in [0.3, 0.4) is 0 Å². The van der Waals surface area contributed by atoms with Gasteiger partial charge in [0.1, 0.15) is 0 Å². The van der Waals surface area contributed by atoms with E-state index < -0.39 is 11.7 Å². The lowest BCUT2D eigenvalue weighted by atomic mass is 10.1. The highest BCUT2D eigenvalue weighted by molar-refractivity contribution is 5.78. The molecule has 128 valence electrons. The van der Waals surface area contributed by atoms with Gasteiger partial charge in [0.2, 0.25) is 5.91 Å². The summed E-state index contributed by atoms with van der Waals surface area (Å²) in [6.45, 7) is 1.90. The van der Waals surface area contributed by atoms with E-state index in [0.717, 1.165) is 25.0 Å². The van der Waals surface area contributed by atoms with Crippen LogP contribution in [0.25, 0.3) is 0 Å². The van der Waals surface area contributed by atoms with Crippen LogP contribution >= 0.6 is 0 Å². The molecule has 0 fully saturated rings. The van der Waals surface area contributed by atoms with Crippen molar-refractivity contribution in [3.05, 3.63) is 71.3 Å². The van der Waals surface area contributed by atoms with Crippen molar-refractivity contribution in [2.75, 3.05) is 0 Å². The zero-order valence-corrected chi connectivity index (χ0v) is 13.4. The maximum Gasteiger partial charge on any atom is 0.416 e. The Morgan fingerprint density at radius 3 is 2.38 bits per heavy atom. The molecule has 24 heavy (non-hydrogen) atoms. The fourth-order valence-corrected chi connectivity index (χ4v) is 2.47. The average Bonchev–Trinajstić information content (AvgIpc) is 2.53. The van der Waals surface area contributed by atoms with Gasteiger partial charge in [0.15, 0.2) is 0 Å². The van der Waals surface area contributed by atoms with Crippen molar-refractivity contribution >= 4 is 5.91 Å². The Morgan fingerprint density at radius 1 is 1.04 bits per heavy atom. The summed E-state index contributed by atoms with van der Waals surface area (Å²) < 4.78 is 38.0. The Labute approximate surface area is 139 Å². The molecule has 1 N–H and O–H groups in total. The highest BCUT2D eigenvalue weighted by Gasteiger charge is 2.30. The summed E-state index contributed by atoms with van der Waals surface area (Å²) in [5.41, 5.74) is 0.819. The van der Waals surface area contributed by atoms with Crippen molar-refractivity contribution in [3.8, 4) is 0 Å². The zero-order chi connectivity index (χ0) is 17.6. The fraction of sp³-hybridized carbons (Fsp3) is 0.316. The summed E-state index contributed by atoms with van der Waals surface area (Å²) in [5.74, 6) is -0.269. The van der Waals surface area contributed by atoms with Crippen molar-refractivity contribution < 1.29 is 18.0 Å². The SMILES string of the molecule is CC(CCc1ccccc1)NC(=O)Cc1cccc(C(F)(F)F)c1. The molecule has 0 heterocycles. The van der Waals surface area contributed by atoms with Gasteiger partial charge in [0.05, 0.1) is 12.0 Å². The lowest BCUT2D eigenvalue weighted by Crippen LogP contribution is -2.34. The lowest BCUT2D eigenvalue weighted by Gasteiger charge is -2.14. The number of carbonyl (C=O) groups is 1. The summed E-state index contributed by atoms with van der Waals surface area (Å²) in [6, 6.07) is 14.8. The first-order valence-corrected chi connectivity index (χ1v) is 7.84. The first kappa shape index (κ1) is 18.0. The molecule has 0 radical (unpaired) electrons. The number of carbonyl (C=O) groups excluding carboxylic acids is 1. The molecule has 2 aromatic carbocycles. The maximum atomic E-state index is 12.7. The van der Waals surface area contributed by atoms with Gasteiger partial charge < -0.3 is 5.32 Å². The van der Waals surface area contributed by atoms with E-state index in [1.165, 1.54) is 17.7 Å². The van der Waals surface area contributed by atoms with Gasteiger partial charge in [-0.2, -0.15) is 13.2 Å². The molecular formula is C19H20F3NO. The van der Waals surface area contributed by atoms with Crippen LogP contribution in [0.2, 0.25) is 0 Å². The van der Waals surface area contributed by atoms with Crippen molar-refractivity contribution in [3.63, 3.8) is 0 Å². The quantitative estimate of drug-likeness (QED) is 0.834. The topological polar surface area (TPSA) is 29.1 Å². The van der Waals surface area contributed by atoms with Crippen LogP contribution in [0.5, 0.6) is 0 Å². The Hall–Kier alpha value is -2.30. The third-order valence-electron chi connectivity index (χ3n) is 3.74. The summed E-state index contributed by atoms with van der Waals surface area (Å²) >= 11 is 0. The van der Waals surface area contributed by atoms with E-state index in [4.69, 9.17) is 0 Å². The molecule has 0 saturated heterocycles. The summed E-state index contributed by atoms with van der Waals surface area (Å²) in [4.78, 5) is 12.0. The molecule has 0 aliphatic carbocycles. The number of hydrogen-bond acceptors (Lipinski definition) is 1. The van der Waals surface area contributed by atoms with Crippen molar-refractivity contribution in [2.24, 2.45) is 0 Å². The van der Waals surface area contributed by atoms with Crippen LogP contribution in [0.1, 0.15) is 30.0 Å². The fourth-order valence-electron chi connectivity index (χ4n) is 2.47. The van der Waals surface area contributed by atoms with E-state index in [0.29, 0.717) is 5.56 Å². The van der Waals surface area contributed by atoms with Gasteiger partial charge in [-0.1, -0.05) is 48.5 Å². The molecule has 0 saturated carbocycles. The van der Waals surface area contributed by atoms with Crippen LogP contribution in [0, 0.1) is 0 Å². The third-order valence-corrected chi connectivity index (χ3v) is 3.74. The second-order valence-electron chi connectivity index (χ2n) is 5.87.